The summed E-state index contributed by atoms with van der Waals surface area (Å²) >= 11 is 0. The van der Waals surface area contributed by atoms with Crippen molar-refractivity contribution in [3.63, 3.8) is 0 Å². The van der Waals surface area contributed by atoms with Crippen molar-refractivity contribution in [3.05, 3.63) is 320 Å². The Hall–Kier alpha value is -12.8. The summed E-state index contributed by atoms with van der Waals surface area (Å²) < 4.78 is 66.0. The molecule has 0 N–H and O–H groups in total. The maximum Gasteiger partial charge on any atom is 0.417 e. The third-order valence-corrected chi connectivity index (χ3v) is 20.0. The van der Waals surface area contributed by atoms with Crippen LogP contribution in [0.4, 0.5) is 18.9 Å². The SMILES string of the molecule is [C-]#[N+]c1cc(-n2c3ccccc3c3ccc4c(c5ccccc5n4-c4ccccc4)c32)c(-n2c3ccccc3c3ccccc32)cc1-c1cc(-n2c3ccccc3c3ccccc32)c(-n2c3ccccc3c3ccc4c(c5ccccc5n4-c4ccccc4)c32)cc1C(F)(F)F. The lowest BCUT2D eigenvalue weighted by atomic mass is 9.94. The van der Waals surface area contributed by atoms with E-state index in [1.165, 1.54) is 6.07 Å². The van der Waals surface area contributed by atoms with Gasteiger partial charge in [-0.2, -0.15) is 13.2 Å². The smallest absolute Gasteiger partial charge is 0.309 e. The molecule has 0 aliphatic rings. The van der Waals surface area contributed by atoms with Gasteiger partial charge in [0.25, 0.3) is 0 Å². The van der Waals surface area contributed by atoms with Crippen molar-refractivity contribution < 1.29 is 13.2 Å². The number of benzene rings is 14. The van der Waals surface area contributed by atoms with Gasteiger partial charge in [0, 0.05) is 76.0 Å². The molecule has 0 bridgehead atoms. The molecular formula is C86H50F3N7. The topological polar surface area (TPSA) is 33.9 Å². The fraction of sp³-hybridized carbons (Fsp3) is 0.0116. The van der Waals surface area contributed by atoms with Crippen LogP contribution in [0.3, 0.4) is 0 Å². The summed E-state index contributed by atoms with van der Waals surface area (Å²) in [4.78, 5) is 4.38. The van der Waals surface area contributed by atoms with Gasteiger partial charge in [0.2, 0.25) is 0 Å². The molecule has 14 aromatic carbocycles. The molecule has 6 aromatic heterocycles. The summed E-state index contributed by atoms with van der Waals surface area (Å²) in [5.74, 6) is 0. The Labute approximate surface area is 545 Å². The summed E-state index contributed by atoms with van der Waals surface area (Å²) in [6.45, 7) is 9.42. The highest BCUT2D eigenvalue weighted by atomic mass is 19.4. The number of alkyl halides is 3. The summed E-state index contributed by atoms with van der Waals surface area (Å²) in [6.07, 6.45) is -4.96. The van der Waals surface area contributed by atoms with E-state index in [-0.39, 0.29) is 16.8 Å². The minimum absolute atomic E-state index is 0.0538. The van der Waals surface area contributed by atoms with Gasteiger partial charge in [-0.15, -0.1) is 0 Å². The molecule has 0 saturated carbocycles. The Morgan fingerprint density at radius 2 is 0.542 bits per heavy atom. The second-order valence-electron chi connectivity index (χ2n) is 24.9. The Bertz CT molecular complexity index is 6660. The molecule has 6 heterocycles. The van der Waals surface area contributed by atoms with Gasteiger partial charge in [0.15, 0.2) is 5.69 Å². The third-order valence-electron chi connectivity index (χ3n) is 20.0. The van der Waals surface area contributed by atoms with E-state index in [9.17, 15) is 6.57 Å². The van der Waals surface area contributed by atoms with Crippen molar-refractivity contribution >= 4 is 137 Å². The lowest BCUT2D eigenvalue weighted by molar-refractivity contribution is -0.137. The Kier molecular flexibility index (Phi) is 11.3. The lowest BCUT2D eigenvalue weighted by Gasteiger charge is -2.24. The van der Waals surface area contributed by atoms with Gasteiger partial charge < -0.3 is 27.4 Å². The normalized spacial score (nSPS) is 12.3. The van der Waals surface area contributed by atoms with Crippen molar-refractivity contribution in [2.75, 3.05) is 0 Å². The summed E-state index contributed by atoms with van der Waals surface area (Å²) in [6, 6.07) is 102. The molecule has 0 radical (unpaired) electrons. The highest BCUT2D eigenvalue weighted by Crippen LogP contribution is 2.52. The van der Waals surface area contributed by atoms with Gasteiger partial charge in [0.1, 0.15) is 0 Å². The number of halogens is 3. The van der Waals surface area contributed by atoms with Crippen molar-refractivity contribution in [2.45, 2.75) is 6.18 Å². The maximum atomic E-state index is 17.6. The van der Waals surface area contributed by atoms with Crippen molar-refractivity contribution in [2.24, 2.45) is 0 Å². The zero-order valence-corrected chi connectivity index (χ0v) is 51.1. The van der Waals surface area contributed by atoms with E-state index < -0.39 is 11.7 Å². The average Bonchev–Trinajstić information content (AvgIpc) is 1.53. The first-order chi connectivity index (χ1) is 47.3. The van der Waals surface area contributed by atoms with E-state index >= 15 is 13.2 Å². The van der Waals surface area contributed by atoms with Gasteiger partial charge in [-0.3, -0.25) is 0 Å². The maximum absolute atomic E-state index is 17.6. The van der Waals surface area contributed by atoms with Crippen LogP contribution in [0.2, 0.25) is 0 Å². The van der Waals surface area contributed by atoms with E-state index in [0.29, 0.717) is 22.7 Å². The summed E-state index contributed by atoms with van der Waals surface area (Å²) in [7, 11) is 0. The van der Waals surface area contributed by atoms with Crippen LogP contribution < -0.4 is 0 Å². The van der Waals surface area contributed by atoms with Crippen LogP contribution in [-0.4, -0.2) is 27.4 Å². The molecule has 7 nitrogen and oxygen atoms in total. The molecule has 0 unspecified atom stereocenters. The van der Waals surface area contributed by atoms with Gasteiger partial charge in [0.05, 0.1) is 101 Å². The number of rotatable bonds is 7. The lowest BCUT2D eigenvalue weighted by Crippen LogP contribution is -2.12. The molecular weight excluding hydrogens is 1190 g/mol. The highest BCUT2D eigenvalue weighted by molar-refractivity contribution is 6.28. The largest absolute Gasteiger partial charge is 0.417 e. The van der Waals surface area contributed by atoms with E-state index in [2.05, 4.69) is 184 Å². The summed E-state index contributed by atoms with van der Waals surface area (Å²) in [5, 5.41) is 11.5. The molecule has 10 heteroatoms. The fourth-order valence-corrected chi connectivity index (χ4v) is 16.2. The molecule has 450 valence electrons. The van der Waals surface area contributed by atoms with E-state index in [4.69, 9.17) is 0 Å². The van der Waals surface area contributed by atoms with Crippen LogP contribution in [0, 0.1) is 6.57 Å². The number of aromatic nitrogens is 6. The van der Waals surface area contributed by atoms with Crippen LogP contribution in [0.15, 0.2) is 303 Å². The first-order valence-corrected chi connectivity index (χ1v) is 32.1. The number of para-hydroxylation sites is 10. The first-order valence-electron chi connectivity index (χ1n) is 32.1. The van der Waals surface area contributed by atoms with Gasteiger partial charge in [-0.1, -0.05) is 194 Å². The predicted molar refractivity (Wildman–Crippen MR) is 389 cm³/mol. The minimum Gasteiger partial charge on any atom is -0.309 e. The van der Waals surface area contributed by atoms with E-state index in [1.54, 1.807) is 6.07 Å². The number of nitrogens with zero attached hydrogens (tertiary/aromatic N) is 7. The first kappa shape index (κ1) is 53.8. The third kappa shape index (κ3) is 7.42. The van der Waals surface area contributed by atoms with Gasteiger partial charge in [-0.25, -0.2) is 4.85 Å². The average molecular weight is 1240 g/mol. The zero-order valence-electron chi connectivity index (χ0n) is 51.1. The molecule has 0 amide bonds. The van der Waals surface area contributed by atoms with Crippen LogP contribution in [0.25, 0.3) is 181 Å². The Morgan fingerprint density at radius 1 is 0.250 bits per heavy atom. The molecule has 0 aliphatic heterocycles. The molecule has 0 atom stereocenters. The number of hydrogen-bond donors (Lipinski definition) is 0. The number of hydrogen-bond acceptors (Lipinski definition) is 0. The molecule has 20 aromatic rings. The molecule has 0 aliphatic carbocycles. The van der Waals surface area contributed by atoms with E-state index in [1.807, 2.05) is 140 Å². The monoisotopic (exact) mass is 1240 g/mol. The highest BCUT2D eigenvalue weighted by Gasteiger charge is 2.38. The predicted octanol–water partition coefficient (Wildman–Crippen LogP) is 23.5. The molecule has 0 spiro atoms. The van der Waals surface area contributed by atoms with Crippen LogP contribution in [-0.2, 0) is 6.18 Å². The van der Waals surface area contributed by atoms with Gasteiger partial charge in [-0.05, 0) is 120 Å². The summed E-state index contributed by atoms with van der Waals surface area (Å²) in [5.41, 5.74) is 13.7. The molecule has 0 fully saturated rings. The Balaban J connectivity index is 0.964. The van der Waals surface area contributed by atoms with Crippen molar-refractivity contribution in [3.8, 4) is 45.3 Å². The van der Waals surface area contributed by atoms with Crippen LogP contribution in [0.5, 0.6) is 0 Å². The van der Waals surface area contributed by atoms with Crippen molar-refractivity contribution in [1.82, 2.24) is 27.4 Å². The van der Waals surface area contributed by atoms with Crippen molar-refractivity contribution in [1.29, 1.82) is 0 Å². The zero-order chi connectivity index (χ0) is 63.7. The second kappa shape index (κ2) is 20.1. The molecule has 96 heavy (non-hydrogen) atoms. The van der Waals surface area contributed by atoms with Crippen LogP contribution in [0.1, 0.15) is 5.56 Å². The standard InChI is InChI=1S/C86H50F3N7/c1-90-67-51-81(96-73-41-21-13-33-59(73)61-45-47-77-83(85(61)96)63-35-15-23-43-75(63)92(77)53-26-6-3-7-27-53)79(94-70-38-18-10-30-56(70)57-31-11-19-39-71(57)94)49-65(67)64-48-78(93-68-36-16-8-28-54(68)55-29-9-17-37-69(55)93)80(50-66(64)86(87,88)89)95-72-40-20-12-32-58(72)60-44-46-76-82(84(60)95)62-34-14-22-42-74(62)91(76)52-24-4-2-5-25-52/h2-51H. The van der Waals surface area contributed by atoms with E-state index in [0.717, 1.165) is 142 Å². The van der Waals surface area contributed by atoms with Gasteiger partial charge >= 0.3 is 6.18 Å². The minimum atomic E-state index is -4.96. The molecule has 0 saturated heterocycles. The fourth-order valence-electron chi connectivity index (χ4n) is 16.2. The second-order valence-corrected chi connectivity index (χ2v) is 24.9. The molecule has 20 rings (SSSR count). The van der Waals surface area contributed by atoms with Crippen LogP contribution >= 0.6 is 0 Å². The Morgan fingerprint density at radius 3 is 0.906 bits per heavy atom. The number of fused-ring (bicyclic) bond motifs is 20. The quantitative estimate of drug-likeness (QED) is 0.143.